The summed E-state index contributed by atoms with van der Waals surface area (Å²) in [5, 5.41) is 3.74. The van der Waals surface area contributed by atoms with Crippen LogP contribution in [0.4, 0.5) is 0 Å². The zero-order valence-corrected chi connectivity index (χ0v) is 41.2. The molecule has 3 aliphatic rings. The third-order valence-electron chi connectivity index (χ3n) is 15.3. The quantitative estimate of drug-likeness (QED) is 0.119. The Balaban J connectivity index is 0.959. The van der Waals surface area contributed by atoms with E-state index in [1.165, 1.54) is 77.1 Å². The number of aliphatic imine (C=N–C) groups is 2. The zero-order chi connectivity index (χ0) is 48.9. The van der Waals surface area contributed by atoms with Gasteiger partial charge in [0.1, 0.15) is 11.5 Å². The fourth-order valence-electron chi connectivity index (χ4n) is 11.9. The number of allylic oxidation sites excluding steroid dienone is 5. The molecule has 0 saturated heterocycles. The molecule has 0 N–H and O–H groups in total. The standard InChI is InChI=1S/C68H55N3O/c1-6-19-53-46(4)68(59-27-16-14-25-54(53)59)60-41-51(32-36-55(60)57-37-39-66(45(3)67(57)68)72-65-29-18-13-20-44(65)2)50-33-38-64-58(40-50)56-26-15-17-28-63(56)71(64)52-34-30-49(31-35-52)62(70-43-47-21-9-7-10-22-47)42-61(69-5)48-23-11-8-12-24-48/h6-32,34-42,50H,5,33,43H2,1-4H3/b19-6-,61-42-,70-62?. The van der Waals surface area contributed by atoms with Gasteiger partial charge in [-0.05, 0) is 150 Å². The summed E-state index contributed by atoms with van der Waals surface area (Å²) in [6, 6.07) is 67.4. The average Bonchev–Trinajstić information content (AvgIpc) is 4.01. The summed E-state index contributed by atoms with van der Waals surface area (Å²) in [5.41, 5.74) is 20.7. The second kappa shape index (κ2) is 18.3. The summed E-state index contributed by atoms with van der Waals surface area (Å²) in [6.45, 7) is 13.3. The lowest BCUT2D eigenvalue weighted by atomic mass is 9.68. The Labute approximate surface area is 422 Å². The number of benzene rings is 8. The van der Waals surface area contributed by atoms with E-state index in [0.717, 1.165) is 57.3 Å². The number of rotatable bonds is 11. The summed E-state index contributed by atoms with van der Waals surface area (Å²) in [7, 11) is 0. The molecule has 1 heterocycles. The van der Waals surface area contributed by atoms with Gasteiger partial charge in [0, 0.05) is 33.1 Å². The minimum absolute atomic E-state index is 0.176. The Morgan fingerprint density at radius 1 is 0.694 bits per heavy atom. The first kappa shape index (κ1) is 44.6. The minimum atomic E-state index is -0.486. The highest BCUT2D eigenvalue weighted by molar-refractivity contribution is 6.12. The Kier molecular flexibility index (Phi) is 11.3. The lowest BCUT2D eigenvalue weighted by molar-refractivity contribution is 0.473. The van der Waals surface area contributed by atoms with Crippen molar-refractivity contribution in [3.63, 3.8) is 0 Å². The number of aryl methyl sites for hydroxylation is 1. The van der Waals surface area contributed by atoms with Crippen molar-refractivity contribution in [1.82, 2.24) is 4.57 Å². The topological polar surface area (TPSA) is 38.9 Å². The van der Waals surface area contributed by atoms with Crippen molar-refractivity contribution in [2.24, 2.45) is 9.98 Å². The molecule has 4 nitrogen and oxygen atoms in total. The van der Waals surface area contributed by atoms with Gasteiger partial charge in [0.15, 0.2) is 0 Å². The van der Waals surface area contributed by atoms with Gasteiger partial charge in [0.25, 0.3) is 0 Å². The molecule has 0 fully saturated rings. The van der Waals surface area contributed by atoms with Crippen LogP contribution in [0.15, 0.2) is 222 Å². The van der Waals surface area contributed by atoms with Gasteiger partial charge in [-0.3, -0.25) is 9.98 Å². The van der Waals surface area contributed by atoms with Crippen molar-refractivity contribution in [3.8, 4) is 28.3 Å². The van der Waals surface area contributed by atoms with Crippen LogP contribution < -0.4 is 15.3 Å². The number of ether oxygens (including phenoxy) is 1. The molecular formula is C68H55N3O. The zero-order valence-electron chi connectivity index (χ0n) is 41.2. The molecule has 1 aromatic heterocycles. The summed E-state index contributed by atoms with van der Waals surface area (Å²) in [5.74, 6) is 1.95. The van der Waals surface area contributed by atoms with Crippen molar-refractivity contribution < 1.29 is 4.74 Å². The SMILES string of the molecule is C=N/C(=C\C(=NCc1ccccc1)c1ccc(-n2c3c(c4ccccc42)=CC(c2ccc4c(c2)C2(C(C)=C(/C=C\C)c5ccccc52)c2c-4ccc(Oc4ccccc4C)c2C)CC=3)cc1)c1ccccc1. The van der Waals surface area contributed by atoms with Crippen LogP contribution in [0, 0.1) is 13.8 Å². The van der Waals surface area contributed by atoms with Crippen LogP contribution in [-0.2, 0) is 12.0 Å². The van der Waals surface area contributed by atoms with Crippen LogP contribution in [0.5, 0.6) is 11.5 Å². The number of fused-ring (bicyclic) bond motifs is 10. The van der Waals surface area contributed by atoms with E-state index in [9.17, 15) is 0 Å². The van der Waals surface area contributed by atoms with Crippen LogP contribution in [-0.4, -0.2) is 17.0 Å². The van der Waals surface area contributed by atoms with Gasteiger partial charge in [-0.1, -0.05) is 182 Å². The molecule has 2 unspecified atom stereocenters. The van der Waals surface area contributed by atoms with E-state index in [1.54, 1.807) is 0 Å². The monoisotopic (exact) mass is 929 g/mol. The second-order valence-corrected chi connectivity index (χ2v) is 19.3. The third-order valence-corrected chi connectivity index (χ3v) is 15.3. The lowest BCUT2D eigenvalue weighted by Crippen LogP contribution is -2.32. The number of hydrogen-bond acceptors (Lipinski definition) is 3. The molecule has 1 spiro atoms. The molecule has 8 aromatic carbocycles. The molecule has 348 valence electrons. The Morgan fingerprint density at radius 2 is 1.42 bits per heavy atom. The first-order chi connectivity index (χ1) is 35.4. The predicted molar refractivity (Wildman–Crippen MR) is 301 cm³/mol. The highest BCUT2D eigenvalue weighted by Crippen LogP contribution is 2.63. The van der Waals surface area contributed by atoms with Crippen LogP contribution in [0.1, 0.15) is 81.8 Å². The van der Waals surface area contributed by atoms with Crippen molar-refractivity contribution >= 4 is 46.8 Å². The molecule has 0 aliphatic heterocycles. The van der Waals surface area contributed by atoms with E-state index in [4.69, 9.17) is 9.73 Å². The van der Waals surface area contributed by atoms with E-state index in [1.807, 2.05) is 30.3 Å². The number of nitrogens with zero attached hydrogens (tertiary/aromatic N) is 3. The maximum atomic E-state index is 6.81. The van der Waals surface area contributed by atoms with Gasteiger partial charge in [0.05, 0.1) is 28.9 Å². The van der Waals surface area contributed by atoms with Crippen LogP contribution in [0.3, 0.4) is 0 Å². The van der Waals surface area contributed by atoms with Crippen molar-refractivity contribution in [3.05, 3.63) is 278 Å². The van der Waals surface area contributed by atoms with E-state index < -0.39 is 5.41 Å². The summed E-state index contributed by atoms with van der Waals surface area (Å²) >= 11 is 0. The number of para-hydroxylation sites is 2. The third kappa shape index (κ3) is 7.28. The number of aromatic nitrogens is 1. The van der Waals surface area contributed by atoms with Crippen molar-refractivity contribution in [1.29, 1.82) is 0 Å². The summed E-state index contributed by atoms with van der Waals surface area (Å²) in [4.78, 5) is 9.61. The molecule has 0 amide bonds. The van der Waals surface area contributed by atoms with Crippen LogP contribution in [0.2, 0.25) is 0 Å². The Bertz CT molecular complexity index is 3890. The van der Waals surface area contributed by atoms with Gasteiger partial charge < -0.3 is 9.30 Å². The Morgan fingerprint density at radius 3 is 2.21 bits per heavy atom. The highest BCUT2D eigenvalue weighted by Gasteiger charge is 2.52. The van der Waals surface area contributed by atoms with Gasteiger partial charge >= 0.3 is 0 Å². The normalized spacial score (nSPS) is 16.9. The summed E-state index contributed by atoms with van der Waals surface area (Å²) < 4.78 is 9.23. The molecule has 4 heteroatoms. The van der Waals surface area contributed by atoms with E-state index in [-0.39, 0.29) is 5.92 Å². The van der Waals surface area contributed by atoms with Crippen LogP contribution in [0.25, 0.3) is 51.1 Å². The smallest absolute Gasteiger partial charge is 0.130 e. The maximum Gasteiger partial charge on any atom is 0.130 e. The van der Waals surface area contributed by atoms with Gasteiger partial charge in [-0.2, -0.15) is 0 Å². The first-order valence-corrected chi connectivity index (χ1v) is 25.1. The number of hydrogen-bond donors (Lipinski definition) is 0. The molecule has 0 saturated carbocycles. The minimum Gasteiger partial charge on any atom is -0.457 e. The lowest BCUT2D eigenvalue weighted by Gasteiger charge is -2.33. The molecule has 2 atom stereocenters. The van der Waals surface area contributed by atoms with Crippen LogP contribution >= 0.6 is 0 Å². The average molecular weight is 930 g/mol. The van der Waals surface area contributed by atoms with Crippen molar-refractivity contribution in [2.45, 2.75) is 52.0 Å². The van der Waals surface area contributed by atoms with E-state index in [0.29, 0.717) is 6.54 Å². The second-order valence-electron chi connectivity index (χ2n) is 19.3. The molecule has 0 bridgehead atoms. The molecule has 9 aromatic rings. The summed E-state index contributed by atoms with van der Waals surface area (Å²) in [6.07, 6.45) is 12.4. The van der Waals surface area contributed by atoms with Gasteiger partial charge in [0.2, 0.25) is 0 Å². The van der Waals surface area contributed by atoms with E-state index >= 15 is 0 Å². The maximum absolute atomic E-state index is 6.81. The fraction of sp³-hybridized carbons (Fsp3) is 0.118. The van der Waals surface area contributed by atoms with Crippen molar-refractivity contribution in [2.75, 3.05) is 0 Å². The largest absolute Gasteiger partial charge is 0.457 e. The molecule has 3 aliphatic carbocycles. The Hall–Kier alpha value is -8.60. The van der Waals surface area contributed by atoms with Gasteiger partial charge in [-0.15, -0.1) is 0 Å². The van der Waals surface area contributed by atoms with Gasteiger partial charge in [-0.25, -0.2) is 0 Å². The molecule has 12 rings (SSSR count). The first-order valence-electron chi connectivity index (χ1n) is 25.1. The molecule has 72 heavy (non-hydrogen) atoms. The highest BCUT2D eigenvalue weighted by atomic mass is 16.5. The van der Waals surface area contributed by atoms with E-state index in [2.05, 4.69) is 232 Å². The fourth-order valence-corrected chi connectivity index (χ4v) is 11.9. The molecular weight excluding hydrogens is 875 g/mol. The molecule has 0 radical (unpaired) electrons. The predicted octanol–water partition coefficient (Wildman–Crippen LogP) is 15.2.